The van der Waals surface area contributed by atoms with Crippen molar-refractivity contribution in [3.63, 3.8) is 0 Å². The van der Waals surface area contributed by atoms with Gasteiger partial charge in [0.1, 0.15) is 12.5 Å². The van der Waals surface area contributed by atoms with Gasteiger partial charge in [-0.05, 0) is 40.9 Å². The normalized spacial score (nSPS) is 20.9. The van der Waals surface area contributed by atoms with E-state index in [-0.39, 0.29) is 11.7 Å². The second-order valence-electron chi connectivity index (χ2n) is 6.39. The van der Waals surface area contributed by atoms with E-state index in [1.807, 2.05) is 4.68 Å². The van der Waals surface area contributed by atoms with Gasteiger partial charge in [-0.3, -0.25) is 0 Å². The summed E-state index contributed by atoms with van der Waals surface area (Å²) in [5.74, 6) is 0.942. The maximum absolute atomic E-state index is 4.40. The highest BCUT2D eigenvalue weighted by atomic mass is 15.6. The third-order valence-corrected chi connectivity index (χ3v) is 4.58. The van der Waals surface area contributed by atoms with Crippen molar-refractivity contribution < 1.29 is 0 Å². The molecule has 0 saturated carbocycles. The van der Waals surface area contributed by atoms with E-state index in [4.69, 9.17) is 0 Å². The summed E-state index contributed by atoms with van der Waals surface area (Å²) in [5.41, 5.74) is -0.101. The Balaban J connectivity index is 2.23. The molecule has 1 aliphatic rings. The van der Waals surface area contributed by atoms with Gasteiger partial charge in [0, 0.05) is 7.05 Å². The molecule has 0 amide bonds. The predicted octanol–water partition coefficient (Wildman–Crippen LogP) is 1.18. The molecule has 1 aromatic heterocycles. The van der Waals surface area contributed by atoms with Gasteiger partial charge in [0.25, 0.3) is 0 Å². The average Bonchev–Trinajstić information content (AvgIpc) is 2.93. The van der Waals surface area contributed by atoms with Crippen LogP contribution in [0.4, 0.5) is 5.95 Å². The number of aromatic nitrogens is 3. The summed E-state index contributed by atoms with van der Waals surface area (Å²) in [6, 6.07) is 0. The largest absolute Gasteiger partial charge is 0.331 e. The fourth-order valence-corrected chi connectivity index (χ4v) is 3.40. The van der Waals surface area contributed by atoms with Gasteiger partial charge in [-0.2, -0.15) is 10.1 Å². The first kappa shape index (κ1) is 15.3. The number of hydrogen-bond acceptors (Lipinski definition) is 5. The van der Waals surface area contributed by atoms with Crippen LogP contribution in [0.1, 0.15) is 27.2 Å². The highest BCUT2D eigenvalue weighted by Gasteiger charge is 2.48. The first-order valence-electron chi connectivity index (χ1n) is 7.37. The maximum Gasteiger partial charge on any atom is 0.308 e. The zero-order chi connectivity index (χ0) is 15.1. The van der Waals surface area contributed by atoms with Crippen molar-refractivity contribution in [3.05, 3.63) is 6.33 Å². The zero-order valence-corrected chi connectivity index (χ0v) is 13.8. The third kappa shape index (κ3) is 2.22. The summed E-state index contributed by atoms with van der Waals surface area (Å²) in [6.07, 6.45) is 3.05. The molecule has 0 bridgehead atoms. The predicted molar refractivity (Wildman–Crippen MR) is 83.8 cm³/mol. The van der Waals surface area contributed by atoms with Crippen molar-refractivity contribution in [2.75, 3.05) is 32.6 Å². The SMILES string of the molecule is CCCN(C)B(C)N(C)C1N(C)c2ncnn2C1(C)C. The van der Waals surface area contributed by atoms with Crippen LogP contribution in [0.3, 0.4) is 0 Å². The Morgan fingerprint density at radius 1 is 1.40 bits per heavy atom. The topological polar surface area (TPSA) is 40.4 Å². The quantitative estimate of drug-likeness (QED) is 0.756. The fourth-order valence-electron chi connectivity index (χ4n) is 3.40. The van der Waals surface area contributed by atoms with E-state index in [2.05, 4.69) is 73.3 Å². The van der Waals surface area contributed by atoms with Gasteiger partial charge in [0.15, 0.2) is 0 Å². The van der Waals surface area contributed by atoms with Crippen LogP contribution in [0.25, 0.3) is 0 Å². The molecule has 0 saturated heterocycles. The Morgan fingerprint density at radius 2 is 2.05 bits per heavy atom. The van der Waals surface area contributed by atoms with Crippen molar-refractivity contribution in [1.29, 1.82) is 0 Å². The Bertz CT molecular complexity index is 459. The lowest BCUT2D eigenvalue weighted by Gasteiger charge is -2.42. The van der Waals surface area contributed by atoms with Gasteiger partial charge in [-0.1, -0.05) is 13.7 Å². The number of anilines is 1. The molecule has 112 valence electrons. The Labute approximate surface area is 122 Å². The Morgan fingerprint density at radius 3 is 2.60 bits per heavy atom. The Hall–Kier alpha value is -1.08. The monoisotopic (exact) mass is 278 g/mol. The molecule has 1 aliphatic heterocycles. The number of hydrogen-bond donors (Lipinski definition) is 0. The van der Waals surface area contributed by atoms with E-state index in [1.54, 1.807) is 6.33 Å². The molecular weight excluding hydrogens is 251 g/mol. The zero-order valence-electron chi connectivity index (χ0n) is 13.8. The van der Waals surface area contributed by atoms with Gasteiger partial charge >= 0.3 is 6.98 Å². The summed E-state index contributed by atoms with van der Waals surface area (Å²) in [5, 5.41) is 4.40. The number of fused-ring (bicyclic) bond motifs is 1. The molecule has 2 rings (SSSR count). The highest BCUT2D eigenvalue weighted by Crippen LogP contribution is 2.37. The van der Waals surface area contributed by atoms with Crippen LogP contribution in [0, 0.1) is 0 Å². The summed E-state index contributed by atoms with van der Waals surface area (Å²) >= 11 is 0. The van der Waals surface area contributed by atoms with Crippen LogP contribution < -0.4 is 4.90 Å². The molecule has 0 aromatic carbocycles. The summed E-state index contributed by atoms with van der Waals surface area (Å²) in [6.45, 7) is 10.4. The van der Waals surface area contributed by atoms with Crippen LogP contribution in [0.15, 0.2) is 6.33 Å². The van der Waals surface area contributed by atoms with Gasteiger partial charge in [-0.15, -0.1) is 0 Å². The van der Waals surface area contributed by atoms with Gasteiger partial charge in [-0.25, -0.2) is 4.68 Å². The van der Waals surface area contributed by atoms with Crippen LogP contribution in [-0.4, -0.2) is 65.2 Å². The molecule has 0 radical (unpaired) electrons. The minimum Gasteiger partial charge on any atom is -0.331 e. The van der Waals surface area contributed by atoms with Crippen LogP contribution in [0.5, 0.6) is 0 Å². The molecule has 2 heterocycles. The van der Waals surface area contributed by atoms with E-state index in [1.165, 1.54) is 6.42 Å². The first-order valence-corrected chi connectivity index (χ1v) is 7.37. The minimum atomic E-state index is -0.101. The van der Waals surface area contributed by atoms with Crippen molar-refractivity contribution in [3.8, 4) is 0 Å². The van der Waals surface area contributed by atoms with Gasteiger partial charge < -0.3 is 14.5 Å². The molecule has 0 fully saturated rings. The molecule has 7 heteroatoms. The molecule has 1 aromatic rings. The lowest BCUT2D eigenvalue weighted by atomic mass is 9.73. The van der Waals surface area contributed by atoms with Crippen molar-refractivity contribution in [2.45, 2.75) is 45.7 Å². The van der Waals surface area contributed by atoms with Crippen LogP contribution in [0.2, 0.25) is 6.82 Å². The van der Waals surface area contributed by atoms with Crippen LogP contribution in [-0.2, 0) is 5.54 Å². The molecule has 1 atom stereocenters. The number of likely N-dealkylation sites (N-methyl/N-ethyl adjacent to an activating group) is 2. The highest BCUT2D eigenvalue weighted by molar-refractivity contribution is 6.51. The second kappa shape index (κ2) is 5.37. The van der Waals surface area contributed by atoms with Crippen molar-refractivity contribution >= 4 is 12.9 Å². The average molecular weight is 278 g/mol. The lowest BCUT2D eigenvalue weighted by molar-refractivity contribution is 0.190. The summed E-state index contributed by atoms with van der Waals surface area (Å²) in [4.78, 5) is 11.4. The van der Waals surface area contributed by atoms with E-state index < -0.39 is 0 Å². The third-order valence-electron chi connectivity index (χ3n) is 4.58. The second-order valence-corrected chi connectivity index (χ2v) is 6.39. The van der Waals surface area contributed by atoms with Crippen molar-refractivity contribution in [2.24, 2.45) is 0 Å². The molecule has 1 unspecified atom stereocenters. The molecule has 0 spiro atoms. The molecule has 6 nitrogen and oxygen atoms in total. The lowest BCUT2D eigenvalue weighted by Crippen LogP contribution is -2.61. The van der Waals surface area contributed by atoms with Gasteiger partial charge in [0.05, 0.1) is 5.54 Å². The van der Waals surface area contributed by atoms with Gasteiger partial charge in [0.2, 0.25) is 5.95 Å². The molecule has 20 heavy (non-hydrogen) atoms. The molecule has 0 N–H and O–H groups in total. The Kier molecular flexibility index (Phi) is 4.11. The van der Waals surface area contributed by atoms with Crippen molar-refractivity contribution in [1.82, 2.24) is 24.4 Å². The van der Waals surface area contributed by atoms with Crippen LogP contribution >= 0.6 is 0 Å². The van der Waals surface area contributed by atoms with E-state index in [0.717, 1.165) is 12.5 Å². The van der Waals surface area contributed by atoms with E-state index >= 15 is 0 Å². The summed E-state index contributed by atoms with van der Waals surface area (Å²) < 4.78 is 2.03. The maximum atomic E-state index is 4.40. The smallest absolute Gasteiger partial charge is 0.308 e. The fraction of sp³-hybridized carbons (Fsp3) is 0.846. The first-order chi connectivity index (χ1) is 9.32. The number of rotatable bonds is 5. The van der Waals surface area contributed by atoms with E-state index in [0.29, 0.717) is 6.98 Å². The molecule has 0 aliphatic carbocycles. The minimum absolute atomic E-state index is 0.101. The van der Waals surface area contributed by atoms with E-state index in [9.17, 15) is 0 Å². The standard InChI is InChI=1S/C13H27BN6/c1-8-9-17(5)14(4)19(7)11-13(2,3)20-12(18(11)6)15-10-16-20/h10-11H,8-9H2,1-7H3. The molecular formula is C13H27BN6. The summed E-state index contributed by atoms with van der Waals surface area (Å²) in [7, 11) is 6.47. The number of nitrogens with zero attached hydrogens (tertiary/aromatic N) is 6.